The monoisotopic (exact) mass is 421 g/mol. The van der Waals surface area contributed by atoms with Gasteiger partial charge in [0.1, 0.15) is 0 Å². The second-order valence-electron chi connectivity index (χ2n) is 8.41. The summed E-state index contributed by atoms with van der Waals surface area (Å²) in [6.07, 6.45) is 0. The molecule has 0 fully saturated rings. The molecule has 2 N–H and O–H groups in total. The van der Waals surface area contributed by atoms with Crippen molar-refractivity contribution in [1.29, 1.82) is 0 Å². The molecule has 0 aromatic heterocycles. The molecule has 0 saturated heterocycles. The van der Waals surface area contributed by atoms with Gasteiger partial charge in [-0.1, -0.05) is 109 Å². The second-order valence-corrected chi connectivity index (χ2v) is 8.41. The zero-order valence-electron chi connectivity index (χ0n) is 18.2. The molecule has 156 valence electrons. The predicted octanol–water partition coefficient (Wildman–Crippen LogP) is 8.58. The van der Waals surface area contributed by atoms with Crippen LogP contribution in [0, 0.1) is 0 Å². The van der Waals surface area contributed by atoms with Crippen LogP contribution in [0.2, 0.25) is 0 Å². The highest BCUT2D eigenvalue weighted by molar-refractivity contribution is 6.14. The Kier molecular flexibility index (Phi) is 4.66. The molecule has 0 aliphatic rings. The van der Waals surface area contributed by atoms with Crippen molar-refractivity contribution in [3.8, 4) is 33.4 Å². The normalized spacial score (nSPS) is 11.2. The molecular weight excluding hydrogens is 398 g/mol. The third-order valence-electron chi connectivity index (χ3n) is 6.43. The Morgan fingerprint density at radius 2 is 0.848 bits per heavy atom. The standard InChI is InChI=1S/C32H23N/c33-32-30(22-11-3-1-4-12-22)20-25(21-31(32)23-13-5-2-6-14-23)29-19-24-15-7-8-16-26(24)27-17-9-10-18-28(27)29/h1-21H,33H2. The number of hydrogen-bond donors (Lipinski definition) is 1. The molecule has 1 nitrogen and oxygen atoms in total. The largest absolute Gasteiger partial charge is 0.398 e. The van der Waals surface area contributed by atoms with E-state index in [1.165, 1.54) is 32.7 Å². The van der Waals surface area contributed by atoms with Gasteiger partial charge in [0.15, 0.2) is 0 Å². The lowest BCUT2D eigenvalue weighted by atomic mass is 9.88. The number of anilines is 1. The topological polar surface area (TPSA) is 26.0 Å². The molecule has 6 aromatic rings. The zero-order chi connectivity index (χ0) is 22.2. The SMILES string of the molecule is Nc1c(-c2ccccc2)cc(-c2cc3ccccc3c3ccccc23)cc1-c1ccccc1. The van der Waals surface area contributed by atoms with Gasteiger partial charge in [-0.25, -0.2) is 0 Å². The van der Waals surface area contributed by atoms with Crippen LogP contribution in [0.15, 0.2) is 127 Å². The van der Waals surface area contributed by atoms with E-state index in [4.69, 9.17) is 5.73 Å². The maximum absolute atomic E-state index is 6.80. The molecule has 6 aromatic carbocycles. The summed E-state index contributed by atoms with van der Waals surface area (Å²) >= 11 is 0. The third-order valence-corrected chi connectivity index (χ3v) is 6.43. The number of nitrogens with two attached hydrogens (primary N) is 1. The van der Waals surface area contributed by atoms with E-state index in [1.807, 2.05) is 12.1 Å². The van der Waals surface area contributed by atoms with Crippen molar-refractivity contribution in [2.45, 2.75) is 0 Å². The van der Waals surface area contributed by atoms with Crippen molar-refractivity contribution in [1.82, 2.24) is 0 Å². The van der Waals surface area contributed by atoms with Crippen LogP contribution >= 0.6 is 0 Å². The van der Waals surface area contributed by atoms with Crippen LogP contribution in [0.5, 0.6) is 0 Å². The molecule has 6 rings (SSSR count). The molecule has 0 aliphatic heterocycles. The molecule has 0 atom stereocenters. The van der Waals surface area contributed by atoms with Gasteiger partial charge in [-0.15, -0.1) is 0 Å². The average Bonchev–Trinajstić information content (AvgIpc) is 2.89. The van der Waals surface area contributed by atoms with Gasteiger partial charge in [-0.3, -0.25) is 0 Å². The average molecular weight is 422 g/mol. The maximum Gasteiger partial charge on any atom is 0.0473 e. The van der Waals surface area contributed by atoms with Crippen molar-refractivity contribution < 1.29 is 0 Å². The molecule has 0 amide bonds. The van der Waals surface area contributed by atoms with E-state index in [-0.39, 0.29) is 0 Å². The summed E-state index contributed by atoms with van der Waals surface area (Å²) in [4.78, 5) is 0. The molecule has 0 unspecified atom stereocenters. The number of benzene rings is 6. The Morgan fingerprint density at radius 1 is 0.364 bits per heavy atom. The fourth-order valence-corrected chi connectivity index (χ4v) is 4.81. The molecule has 0 saturated carbocycles. The Morgan fingerprint density at radius 3 is 1.45 bits per heavy atom. The summed E-state index contributed by atoms with van der Waals surface area (Å²) in [6, 6.07) is 44.9. The lowest BCUT2D eigenvalue weighted by Gasteiger charge is -2.17. The van der Waals surface area contributed by atoms with Crippen molar-refractivity contribution in [3.63, 3.8) is 0 Å². The van der Waals surface area contributed by atoms with E-state index >= 15 is 0 Å². The molecule has 0 aliphatic carbocycles. The van der Waals surface area contributed by atoms with Gasteiger partial charge in [-0.2, -0.15) is 0 Å². The van der Waals surface area contributed by atoms with Gasteiger partial charge in [0.25, 0.3) is 0 Å². The first-order valence-corrected chi connectivity index (χ1v) is 11.2. The van der Waals surface area contributed by atoms with Crippen LogP contribution in [-0.2, 0) is 0 Å². The van der Waals surface area contributed by atoms with Gasteiger partial charge < -0.3 is 5.73 Å². The first-order chi connectivity index (χ1) is 16.3. The second kappa shape index (κ2) is 7.96. The summed E-state index contributed by atoms with van der Waals surface area (Å²) in [5, 5.41) is 5.04. The van der Waals surface area contributed by atoms with E-state index in [2.05, 4.69) is 115 Å². The number of hydrogen-bond acceptors (Lipinski definition) is 1. The number of fused-ring (bicyclic) bond motifs is 3. The fourth-order valence-electron chi connectivity index (χ4n) is 4.81. The molecule has 1 heteroatoms. The lowest BCUT2D eigenvalue weighted by molar-refractivity contribution is 1.57. The Labute approximate surface area is 193 Å². The Bertz CT molecular complexity index is 1540. The summed E-state index contributed by atoms with van der Waals surface area (Å²) < 4.78 is 0. The minimum atomic E-state index is 0.807. The summed E-state index contributed by atoms with van der Waals surface area (Å²) in [7, 11) is 0. The smallest absolute Gasteiger partial charge is 0.0473 e. The first-order valence-electron chi connectivity index (χ1n) is 11.2. The molecule has 0 heterocycles. The van der Waals surface area contributed by atoms with Crippen LogP contribution in [0.4, 0.5) is 5.69 Å². The van der Waals surface area contributed by atoms with Gasteiger partial charge in [0.05, 0.1) is 0 Å². The fraction of sp³-hybridized carbons (Fsp3) is 0. The van der Waals surface area contributed by atoms with E-state index in [9.17, 15) is 0 Å². The van der Waals surface area contributed by atoms with Crippen LogP contribution in [0.25, 0.3) is 54.9 Å². The predicted molar refractivity (Wildman–Crippen MR) is 142 cm³/mol. The summed E-state index contributed by atoms with van der Waals surface area (Å²) in [6.45, 7) is 0. The van der Waals surface area contributed by atoms with Crippen molar-refractivity contribution in [3.05, 3.63) is 127 Å². The summed E-state index contributed by atoms with van der Waals surface area (Å²) in [5.41, 5.74) is 14.4. The first kappa shape index (κ1) is 19.3. The number of rotatable bonds is 3. The van der Waals surface area contributed by atoms with Crippen LogP contribution in [0.1, 0.15) is 0 Å². The lowest BCUT2D eigenvalue weighted by Crippen LogP contribution is -1.96. The Hall–Kier alpha value is -4.36. The molecule has 0 radical (unpaired) electrons. The Balaban J connectivity index is 1.71. The van der Waals surface area contributed by atoms with Crippen molar-refractivity contribution in [2.24, 2.45) is 0 Å². The maximum atomic E-state index is 6.80. The van der Waals surface area contributed by atoms with Gasteiger partial charge in [0.2, 0.25) is 0 Å². The molecule has 0 spiro atoms. The number of nitrogen functional groups attached to an aromatic ring is 1. The highest BCUT2D eigenvalue weighted by Crippen LogP contribution is 2.42. The molecule has 33 heavy (non-hydrogen) atoms. The highest BCUT2D eigenvalue weighted by atomic mass is 14.6. The minimum Gasteiger partial charge on any atom is -0.398 e. The van der Waals surface area contributed by atoms with E-state index < -0.39 is 0 Å². The van der Waals surface area contributed by atoms with E-state index in [0.717, 1.165) is 27.9 Å². The highest BCUT2D eigenvalue weighted by Gasteiger charge is 2.15. The van der Waals surface area contributed by atoms with Crippen molar-refractivity contribution >= 4 is 27.2 Å². The van der Waals surface area contributed by atoms with Crippen molar-refractivity contribution in [2.75, 3.05) is 5.73 Å². The van der Waals surface area contributed by atoms with Crippen LogP contribution in [0.3, 0.4) is 0 Å². The van der Waals surface area contributed by atoms with E-state index in [1.54, 1.807) is 0 Å². The van der Waals surface area contributed by atoms with Gasteiger partial charge in [-0.05, 0) is 62.0 Å². The summed E-state index contributed by atoms with van der Waals surface area (Å²) in [5.74, 6) is 0. The van der Waals surface area contributed by atoms with Crippen LogP contribution < -0.4 is 5.73 Å². The van der Waals surface area contributed by atoms with E-state index in [0.29, 0.717) is 0 Å². The van der Waals surface area contributed by atoms with Gasteiger partial charge >= 0.3 is 0 Å². The molecule has 0 bridgehead atoms. The minimum absolute atomic E-state index is 0.807. The van der Waals surface area contributed by atoms with Crippen LogP contribution in [-0.4, -0.2) is 0 Å². The van der Waals surface area contributed by atoms with Gasteiger partial charge in [0, 0.05) is 16.8 Å². The third kappa shape index (κ3) is 3.35. The molecular formula is C32H23N. The quantitative estimate of drug-likeness (QED) is 0.225. The zero-order valence-corrected chi connectivity index (χ0v) is 18.2.